The highest BCUT2D eigenvalue weighted by atomic mass is 35.5. The van der Waals surface area contributed by atoms with Crippen LogP contribution in [0.5, 0.6) is 0 Å². The van der Waals surface area contributed by atoms with Crippen LogP contribution in [0.25, 0.3) is 0 Å². The molecule has 3 fully saturated rings. The first kappa shape index (κ1) is 22.5. The Kier molecular flexibility index (Phi) is 4.67. The summed E-state index contributed by atoms with van der Waals surface area (Å²) in [6, 6.07) is 5.26. The fourth-order valence-electron chi connectivity index (χ4n) is 6.23. The molecule has 0 saturated carbocycles. The molecular weight excluding hydrogens is 526 g/mol. The highest BCUT2D eigenvalue weighted by Crippen LogP contribution is 2.62. The molecule has 0 bridgehead atoms. The molecule has 12 heteroatoms. The Balaban J connectivity index is 1.59. The van der Waals surface area contributed by atoms with E-state index < -0.39 is 46.7 Å². The zero-order chi connectivity index (χ0) is 24.3. The first-order chi connectivity index (χ1) is 16.0. The Morgan fingerprint density at radius 3 is 2.47 bits per heavy atom. The Hall–Kier alpha value is -1.94. The van der Waals surface area contributed by atoms with Crippen LogP contribution in [0, 0.1) is 11.8 Å². The second kappa shape index (κ2) is 7.06. The van der Waals surface area contributed by atoms with Crippen LogP contribution < -0.4 is 10.2 Å². The van der Waals surface area contributed by atoms with Gasteiger partial charge >= 0.3 is 0 Å². The molecule has 8 nitrogen and oxygen atoms in total. The number of amides is 3. The van der Waals surface area contributed by atoms with Gasteiger partial charge in [-0.05, 0) is 31.5 Å². The van der Waals surface area contributed by atoms with Gasteiger partial charge in [-0.1, -0.05) is 46.4 Å². The van der Waals surface area contributed by atoms with Gasteiger partial charge in [0.15, 0.2) is 0 Å². The number of rotatable bonds is 1. The molecule has 34 heavy (non-hydrogen) atoms. The molecule has 4 unspecified atom stereocenters. The van der Waals surface area contributed by atoms with Gasteiger partial charge in [-0.15, -0.1) is 0 Å². The molecule has 1 aromatic carbocycles. The number of anilines is 2. The Labute approximate surface area is 213 Å². The SMILES string of the molecule is C[C@@]1(O)CC2C3C(=O)N(c4cc(Cl)cc(Cl)n4)C(=O)C3C3(C(=O)Nc4c(Cl)cc(Cl)cc43)N2C1. The minimum Gasteiger partial charge on any atom is -0.389 e. The van der Waals surface area contributed by atoms with E-state index in [0.717, 1.165) is 4.90 Å². The fraction of sp³-hybridized carbons (Fsp3) is 0.364. The molecule has 6 rings (SSSR count). The fourth-order valence-corrected chi connectivity index (χ4v) is 7.23. The summed E-state index contributed by atoms with van der Waals surface area (Å²) in [5, 5.41) is 14.4. The van der Waals surface area contributed by atoms with Gasteiger partial charge in [0.25, 0.3) is 5.91 Å². The average Bonchev–Trinajstić information content (AvgIpc) is 3.35. The van der Waals surface area contributed by atoms with Gasteiger partial charge in [-0.3, -0.25) is 19.3 Å². The first-order valence-corrected chi connectivity index (χ1v) is 12.0. The van der Waals surface area contributed by atoms with Crippen LogP contribution in [-0.2, 0) is 19.9 Å². The smallest absolute Gasteiger partial charge is 0.250 e. The number of hydrogen-bond donors (Lipinski definition) is 2. The number of benzene rings is 1. The summed E-state index contributed by atoms with van der Waals surface area (Å²) in [4.78, 5) is 48.3. The topological polar surface area (TPSA) is 103 Å². The lowest BCUT2D eigenvalue weighted by Crippen LogP contribution is -2.55. The van der Waals surface area contributed by atoms with Gasteiger partial charge < -0.3 is 10.4 Å². The third-order valence-electron chi connectivity index (χ3n) is 7.25. The number of carbonyl (C=O) groups excluding carboxylic acids is 3. The number of halogens is 4. The van der Waals surface area contributed by atoms with Gasteiger partial charge in [0.05, 0.1) is 28.1 Å². The van der Waals surface area contributed by atoms with Crippen molar-refractivity contribution in [1.29, 1.82) is 0 Å². The molecule has 1 spiro atoms. The predicted octanol–water partition coefficient (Wildman–Crippen LogP) is 3.49. The second-order valence-electron chi connectivity index (χ2n) is 9.41. The van der Waals surface area contributed by atoms with Crippen molar-refractivity contribution in [2.24, 2.45) is 11.8 Å². The zero-order valence-corrected chi connectivity index (χ0v) is 20.5. The summed E-state index contributed by atoms with van der Waals surface area (Å²) in [6.07, 6.45) is 0.198. The van der Waals surface area contributed by atoms with Gasteiger partial charge in [-0.2, -0.15) is 0 Å². The lowest BCUT2D eigenvalue weighted by atomic mass is 9.74. The average molecular weight is 542 g/mol. The summed E-state index contributed by atoms with van der Waals surface area (Å²) in [5.74, 6) is -3.64. The number of nitrogens with zero attached hydrogens (tertiary/aromatic N) is 3. The van der Waals surface area contributed by atoms with E-state index in [-0.39, 0.29) is 39.0 Å². The summed E-state index contributed by atoms with van der Waals surface area (Å²) in [5.41, 5.74) is -2.01. The third-order valence-corrected chi connectivity index (χ3v) is 8.18. The third kappa shape index (κ3) is 2.75. The Bertz CT molecular complexity index is 1310. The molecule has 2 N–H and O–H groups in total. The number of fused-ring (bicyclic) bond motifs is 7. The van der Waals surface area contributed by atoms with Crippen LogP contribution in [0.3, 0.4) is 0 Å². The van der Waals surface area contributed by atoms with E-state index in [1.807, 2.05) is 0 Å². The summed E-state index contributed by atoms with van der Waals surface area (Å²) in [7, 11) is 0. The number of carbonyl (C=O) groups is 3. The van der Waals surface area contributed by atoms with Crippen LogP contribution in [0.2, 0.25) is 20.2 Å². The van der Waals surface area contributed by atoms with E-state index in [0.29, 0.717) is 11.3 Å². The number of imide groups is 1. The summed E-state index contributed by atoms with van der Waals surface area (Å²) in [6.45, 7) is 1.73. The monoisotopic (exact) mass is 540 g/mol. The van der Waals surface area contributed by atoms with E-state index in [2.05, 4.69) is 10.3 Å². The van der Waals surface area contributed by atoms with Gasteiger partial charge in [0.2, 0.25) is 11.8 Å². The molecule has 2 aromatic rings. The molecule has 4 aliphatic rings. The van der Waals surface area contributed by atoms with E-state index >= 15 is 0 Å². The molecular formula is C22H16Cl4N4O4. The van der Waals surface area contributed by atoms with Crippen molar-refractivity contribution in [2.75, 3.05) is 16.8 Å². The zero-order valence-electron chi connectivity index (χ0n) is 17.5. The van der Waals surface area contributed by atoms with Crippen molar-refractivity contribution in [3.05, 3.63) is 50.0 Å². The summed E-state index contributed by atoms with van der Waals surface area (Å²) < 4.78 is 0. The molecule has 1 aromatic heterocycles. The van der Waals surface area contributed by atoms with E-state index in [4.69, 9.17) is 46.4 Å². The minimum absolute atomic E-state index is 0.0165. The number of aromatic nitrogens is 1. The van der Waals surface area contributed by atoms with Crippen molar-refractivity contribution in [3.63, 3.8) is 0 Å². The maximum absolute atomic E-state index is 13.9. The number of nitrogens with one attached hydrogen (secondary N) is 1. The van der Waals surface area contributed by atoms with Crippen molar-refractivity contribution >= 4 is 75.6 Å². The molecule has 176 valence electrons. The number of pyridine rings is 1. The predicted molar refractivity (Wildman–Crippen MR) is 126 cm³/mol. The molecule has 4 aliphatic heterocycles. The number of aliphatic hydroxyl groups is 1. The van der Waals surface area contributed by atoms with Crippen molar-refractivity contribution in [2.45, 2.75) is 30.5 Å². The van der Waals surface area contributed by atoms with Crippen LogP contribution in [0.1, 0.15) is 18.9 Å². The van der Waals surface area contributed by atoms with Gasteiger partial charge in [-0.25, -0.2) is 9.88 Å². The molecule has 5 heterocycles. The van der Waals surface area contributed by atoms with E-state index in [1.165, 1.54) is 18.2 Å². The maximum Gasteiger partial charge on any atom is 0.250 e. The molecule has 0 aliphatic carbocycles. The largest absolute Gasteiger partial charge is 0.389 e. The van der Waals surface area contributed by atoms with E-state index in [1.54, 1.807) is 17.9 Å². The first-order valence-electron chi connectivity index (χ1n) is 10.5. The van der Waals surface area contributed by atoms with Gasteiger partial charge in [0.1, 0.15) is 16.5 Å². The second-order valence-corrected chi connectivity index (χ2v) is 11.1. The maximum atomic E-state index is 13.9. The van der Waals surface area contributed by atoms with E-state index in [9.17, 15) is 19.5 Å². The highest BCUT2D eigenvalue weighted by molar-refractivity contribution is 6.38. The normalized spacial score (nSPS) is 34.1. The van der Waals surface area contributed by atoms with Crippen molar-refractivity contribution in [3.8, 4) is 0 Å². The summed E-state index contributed by atoms with van der Waals surface area (Å²) >= 11 is 24.9. The lowest BCUT2D eigenvalue weighted by molar-refractivity contribution is -0.136. The Morgan fingerprint density at radius 1 is 1.06 bits per heavy atom. The molecule has 5 atom stereocenters. The lowest BCUT2D eigenvalue weighted by Gasteiger charge is -2.37. The van der Waals surface area contributed by atoms with Crippen molar-refractivity contribution < 1.29 is 19.5 Å². The van der Waals surface area contributed by atoms with Crippen LogP contribution in [0.15, 0.2) is 24.3 Å². The van der Waals surface area contributed by atoms with Crippen LogP contribution >= 0.6 is 46.4 Å². The standard InChI is InChI=1S/C22H16Cl4N4O4/c1-21(34)6-12-15-16(19(32)30(18(15)31)14-5-9(24)4-13(26)27-14)22(29(12)7-21)10-2-8(23)3-11(25)17(10)28-20(22)33/h2-5,12,15-16,34H,6-7H2,1H3,(H,28,33)/t12?,15?,16?,21-,22?/m1/s1. The molecule has 0 radical (unpaired) electrons. The quantitative estimate of drug-likeness (QED) is 0.423. The van der Waals surface area contributed by atoms with Gasteiger partial charge in [0, 0.05) is 34.3 Å². The molecule has 3 amide bonds. The molecule has 3 saturated heterocycles. The Morgan fingerprint density at radius 2 is 1.76 bits per heavy atom. The minimum atomic E-state index is -1.58. The highest BCUT2D eigenvalue weighted by Gasteiger charge is 2.76. The van der Waals surface area contributed by atoms with Crippen LogP contribution in [0.4, 0.5) is 11.5 Å². The number of hydrogen-bond acceptors (Lipinski definition) is 6. The van der Waals surface area contributed by atoms with Crippen LogP contribution in [-0.4, -0.2) is 50.9 Å². The van der Waals surface area contributed by atoms with Crippen molar-refractivity contribution in [1.82, 2.24) is 9.88 Å².